The molecule has 5 heteroatoms. The van der Waals surface area contributed by atoms with Crippen molar-refractivity contribution in [2.24, 2.45) is 0 Å². The van der Waals surface area contributed by atoms with Crippen LogP contribution in [0.5, 0.6) is 0 Å². The van der Waals surface area contributed by atoms with Gasteiger partial charge in [0.15, 0.2) is 0 Å². The second kappa shape index (κ2) is 6.56. The fourth-order valence-electron chi connectivity index (χ4n) is 1.85. The molecule has 0 aromatic carbocycles. The molecular formula is C13H21NO4. The highest BCUT2D eigenvalue weighted by atomic mass is 16.5. The summed E-state index contributed by atoms with van der Waals surface area (Å²) < 4.78 is 10.3. The zero-order chi connectivity index (χ0) is 13.7. The third kappa shape index (κ3) is 3.34. The zero-order valence-corrected chi connectivity index (χ0v) is 11.4. The molecule has 1 aromatic rings. The predicted molar refractivity (Wildman–Crippen MR) is 67.8 cm³/mol. The van der Waals surface area contributed by atoms with Crippen molar-refractivity contribution in [1.82, 2.24) is 5.32 Å². The second-order valence-corrected chi connectivity index (χ2v) is 4.35. The maximum absolute atomic E-state index is 12.1. The van der Waals surface area contributed by atoms with Crippen LogP contribution in [0.1, 0.15) is 33.9 Å². The van der Waals surface area contributed by atoms with E-state index in [0.717, 1.165) is 11.3 Å². The first-order chi connectivity index (χ1) is 8.51. The van der Waals surface area contributed by atoms with Gasteiger partial charge in [-0.25, -0.2) is 0 Å². The molecule has 1 unspecified atom stereocenters. The van der Waals surface area contributed by atoms with Crippen LogP contribution in [0.25, 0.3) is 0 Å². The highest BCUT2D eigenvalue weighted by molar-refractivity contribution is 5.97. The van der Waals surface area contributed by atoms with Crippen LogP contribution >= 0.6 is 0 Å². The molecule has 0 fully saturated rings. The lowest BCUT2D eigenvalue weighted by Gasteiger charge is -2.15. The fraction of sp³-hybridized carbons (Fsp3) is 0.615. The molecule has 18 heavy (non-hydrogen) atoms. The van der Waals surface area contributed by atoms with Gasteiger partial charge in [0, 0.05) is 19.3 Å². The summed E-state index contributed by atoms with van der Waals surface area (Å²) >= 11 is 0. The number of methoxy groups -OCH3 is 1. The molecule has 0 aliphatic heterocycles. The van der Waals surface area contributed by atoms with Crippen molar-refractivity contribution >= 4 is 5.91 Å². The maximum Gasteiger partial charge on any atom is 0.255 e. The highest BCUT2D eigenvalue weighted by Crippen LogP contribution is 2.20. The molecule has 0 saturated carbocycles. The van der Waals surface area contributed by atoms with Crippen LogP contribution in [0.2, 0.25) is 0 Å². The summed E-state index contributed by atoms with van der Waals surface area (Å²) in [6, 6.07) is -0.300. The number of aliphatic hydroxyl groups excluding tert-OH is 1. The topological polar surface area (TPSA) is 71.7 Å². The fourth-order valence-corrected chi connectivity index (χ4v) is 1.85. The lowest BCUT2D eigenvalue weighted by Crippen LogP contribution is -2.38. The number of amides is 1. The van der Waals surface area contributed by atoms with Crippen molar-refractivity contribution in [2.75, 3.05) is 20.3 Å². The summed E-state index contributed by atoms with van der Waals surface area (Å²) in [7, 11) is 1.59. The molecule has 0 spiro atoms. The van der Waals surface area contributed by atoms with Gasteiger partial charge in [-0.1, -0.05) is 0 Å². The summed E-state index contributed by atoms with van der Waals surface area (Å²) in [5.41, 5.74) is 1.40. The van der Waals surface area contributed by atoms with Crippen LogP contribution < -0.4 is 5.32 Å². The lowest BCUT2D eigenvalue weighted by molar-refractivity contribution is 0.0893. The van der Waals surface area contributed by atoms with E-state index in [1.54, 1.807) is 14.0 Å². The van der Waals surface area contributed by atoms with E-state index in [1.807, 2.05) is 13.8 Å². The van der Waals surface area contributed by atoms with E-state index in [4.69, 9.17) is 9.15 Å². The minimum atomic E-state index is -0.300. The van der Waals surface area contributed by atoms with E-state index in [0.29, 0.717) is 24.4 Å². The quantitative estimate of drug-likeness (QED) is 0.804. The molecule has 0 radical (unpaired) electrons. The van der Waals surface area contributed by atoms with Crippen molar-refractivity contribution in [3.8, 4) is 0 Å². The first kappa shape index (κ1) is 14.7. The van der Waals surface area contributed by atoms with Crippen LogP contribution in [0.3, 0.4) is 0 Å². The van der Waals surface area contributed by atoms with E-state index in [1.165, 1.54) is 0 Å². The Bertz CT molecular complexity index is 411. The van der Waals surface area contributed by atoms with Gasteiger partial charge in [-0.3, -0.25) is 4.79 Å². The van der Waals surface area contributed by atoms with E-state index >= 15 is 0 Å². The summed E-state index contributed by atoms with van der Waals surface area (Å²) in [5.74, 6) is 1.14. The van der Waals surface area contributed by atoms with Gasteiger partial charge in [0.05, 0.1) is 18.2 Å². The largest absolute Gasteiger partial charge is 0.466 e. The standard InChI is InChI=1S/C13H21NO4/c1-8-9(2)18-10(3)12(8)13(16)14-11(7-15)5-6-17-4/h11,15H,5-7H2,1-4H3,(H,14,16). The van der Waals surface area contributed by atoms with Gasteiger partial charge in [-0.15, -0.1) is 0 Å². The number of aliphatic hydroxyl groups is 1. The Morgan fingerprint density at radius 3 is 2.50 bits per heavy atom. The molecule has 0 aliphatic rings. The van der Waals surface area contributed by atoms with Crippen LogP contribution in [0.15, 0.2) is 4.42 Å². The minimum absolute atomic E-state index is 0.107. The first-order valence-corrected chi connectivity index (χ1v) is 5.98. The van der Waals surface area contributed by atoms with Crippen LogP contribution in [0, 0.1) is 20.8 Å². The third-order valence-corrected chi connectivity index (χ3v) is 3.01. The van der Waals surface area contributed by atoms with Crippen LogP contribution in [0.4, 0.5) is 0 Å². The molecule has 1 aromatic heterocycles. The van der Waals surface area contributed by atoms with E-state index < -0.39 is 0 Å². The van der Waals surface area contributed by atoms with Crippen molar-refractivity contribution in [1.29, 1.82) is 0 Å². The molecular weight excluding hydrogens is 234 g/mol. The molecule has 0 bridgehead atoms. The SMILES string of the molecule is COCCC(CO)NC(=O)c1c(C)oc(C)c1C. The van der Waals surface area contributed by atoms with Crippen molar-refractivity contribution in [3.63, 3.8) is 0 Å². The van der Waals surface area contributed by atoms with E-state index in [2.05, 4.69) is 5.32 Å². The number of carbonyl (C=O) groups excluding carboxylic acids is 1. The molecule has 0 aliphatic carbocycles. The molecule has 1 atom stereocenters. The maximum atomic E-state index is 12.1. The zero-order valence-electron chi connectivity index (χ0n) is 11.4. The van der Waals surface area contributed by atoms with Gasteiger partial charge in [0.2, 0.25) is 0 Å². The average molecular weight is 255 g/mol. The molecule has 1 rings (SSSR count). The Balaban J connectivity index is 2.74. The lowest BCUT2D eigenvalue weighted by atomic mass is 10.1. The second-order valence-electron chi connectivity index (χ2n) is 4.35. The number of nitrogens with one attached hydrogen (secondary N) is 1. The summed E-state index contributed by atoms with van der Waals surface area (Å²) in [5, 5.41) is 12.0. The number of hydrogen-bond donors (Lipinski definition) is 2. The molecule has 1 heterocycles. The van der Waals surface area contributed by atoms with E-state index in [-0.39, 0.29) is 18.6 Å². The van der Waals surface area contributed by atoms with Gasteiger partial charge >= 0.3 is 0 Å². The Morgan fingerprint density at radius 2 is 2.06 bits per heavy atom. The molecule has 2 N–H and O–H groups in total. The van der Waals surface area contributed by atoms with Crippen molar-refractivity contribution in [2.45, 2.75) is 33.2 Å². The van der Waals surface area contributed by atoms with Gasteiger partial charge in [-0.2, -0.15) is 0 Å². The molecule has 0 saturated heterocycles. The number of carbonyl (C=O) groups is 1. The Hall–Kier alpha value is -1.33. The monoisotopic (exact) mass is 255 g/mol. The number of rotatable bonds is 6. The van der Waals surface area contributed by atoms with Gasteiger partial charge in [0.1, 0.15) is 11.5 Å². The highest BCUT2D eigenvalue weighted by Gasteiger charge is 2.20. The van der Waals surface area contributed by atoms with Gasteiger partial charge < -0.3 is 19.6 Å². The minimum Gasteiger partial charge on any atom is -0.466 e. The molecule has 102 valence electrons. The average Bonchev–Trinajstić information content (AvgIpc) is 2.58. The van der Waals surface area contributed by atoms with E-state index in [9.17, 15) is 9.90 Å². The number of furan rings is 1. The molecule has 5 nitrogen and oxygen atoms in total. The number of aryl methyl sites for hydroxylation is 2. The number of ether oxygens (including phenoxy) is 1. The normalized spacial score (nSPS) is 12.5. The first-order valence-electron chi connectivity index (χ1n) is 5.98. The summed E-state index contributed by atoms with van der Waals surface area (Å²) in [4.78, 5) is 12.1. The molecule has 1 amide bonds. The van der Waals surface area contributed by atoms with Crippen molar-refractivity contribution in [3.05, 3.63) is 22.6 Å². The predicted octanol–water partition coefficient (Wildman–Crippen LogP) is 1.33. The van der Waals surface area contributed by atoms with Crippen molar-refractivity contribution < 1.29 is 19.1 Å². The van der Waals surface area contributed by atoms with Gasteiger partial charge in [-0.05, 0) is 27.2 Å². The summed E-state index contributed by atoms with van der Waals surface area (Å²) in [6.45, 7) is 5.83. The third-order valence-electron chi connectivity index (χ3n) is 3.01. The van der Waals surface area contributed by atoms with Crippen LogP contribution in [-0.4, -0.2) is 37.4 Å². The number of hydrogen-bond acceptors (Lipinski definition) is 4. The van der Waals surface area contributed by atoms with Gasteiger partial charge in [0.25, 0.3) is 5.91 Å². The summed E-state index contributed by atoms with van der Waals surface area (Å²) in [6.07, 6.45) is 0.577. The Kier molecular flexibility index (Phi) is 5.37. The smallest absolute Gasteiger partial charge is 0.255 e. The Morgan fingerprint density at radius 1 is 1.39 bits per heavy atom. The Labute approximate surface area is 107 Å². The van der Waals surface area contributed by atoms with Crippen LogP contribution in [-0.2, 0) is 4.74 Å².